The Morgan fingerprint density at radius 3 is 2.83 bits per heavy atom. The van der Waals surface area contributed by atoms with E-state index in [1.807, 2.05) is 24.3 Å². The van der Waals surface area contributed by atoms with E-state index in [1.165, 1.54) is 22.5 Å². The Bertz CT molecular complexity index is 972. The van der Waals surface area contributed by atoms with Gasteiger partial charge in [0.15, 0.2) is 10.7 Å². The number of thioether (sulfide) groups is 1. The number of H-pyrrole nitrogens is 1. The minimum atomic E-state index is -0.221. The normalized spacial score (nSPS) is 11.1. The number of fused-ring (bicyclic) bond motifs is 1. The summed E-state index contributed by atoms with van der Waals surface area (Å²) in [5.74, 6) is 0.548. The first-order valence-corrected chi connectivity index (χ1v) is 7.85. The van der Waals surface area contributed by atoms with Gasteiger partial charge in [-0.3, -0.25) is 9.89 Å². The molecule has 3 aromatic heterocycles. The topological polar surface area (TPSA) is 89.6 Å². The zero-order chi connectivity index (χ0) is 15.6. The van der Waals surface area contributed by atoms with Crippen LogP contribution < -0.4 is 5.56 Å². The zero-order valence-electron chi connectivity index (χ0n) is 11.8. The fourth-order valence-electron chi connectivity index (χ4n) is 2.12. The number of hydrogen-bond acceptors (Lipinski definition) is 6. The molecular weight excluding hydrogens is 314 g/mol. The average Bonchev–Trinajstić information content (AvgIpc) is 3.17. The standard InChI is InChI=1S/C15H11N5O2S/c21-13-8-10(9-23-14-16-6-3-7-17-14)19-20(13)15-18-11-4-1-2-5-12(11)22-15/h1-8,19H,9H2. The third-order valence-corrected chi connectivity index (χ3v) is 4.07. The van der Waals surface area contributed by atoms with Gasteiger partial charge in [-0.1, -0.05) is 23.9 Å². The molecule has 0 atom stereocenters. The van der Waals surface area contributed by atoms with E-state index in [4.69, 9.17) is 4.42 Å². The van der Waals surface area contributed by atoms with Crippen LogP contribution in [0.25, 0.3) is 17.1 Å². The lowest BCUT2D eigenvalue weighted by molar-refractivity contribution is 0.536. The second-order valence-corrected chi connectivity index (χ2v) is 5.68. The lowest BCUT2D eigenvalue weighted by Gasteiger charge is -1.97. The lowest BCUT2D eigenvalue weighted by atomic mass is 10.3. The summed E-state index contributed by atoms with van der Waals surface area (Å²) in [4.78, 5) is 24.7. The van der Waals surface area contributed by atoms with Crippen molar-refractivity contribution < 1.29 is 4.42 Å². The minimum Gasteiger partial charge on any atom is -0.422 e. The molecule has 1 aromatic carbocycles. The fraction of sp³-hybridized carbons (Fsp3) is 0.0667. The highest BCUT2D eigenvalue weighted by atomic mass is 32.2. The van der Waals surface area contributed by atoms with Crippen molar-refractivity contribution in [2.24, 2.45) is 0 Å². The van der Waals surface area contributed by atoms with Gasteiger partial charge < -0.3 is 4.42 Å². The van der Waals surface area contributed by atoms with Crippen molar-refractivity contribution >= 4 is 22.9 Å². The first-order chi connectivity index (χ1) is 11.3. The quantitative estimate of drug-likeness (QED) is 0.458. The van der Waals surface area contributed by atoms with Crippen LogP contribution in [0.4, 0.5) is 0 Å². The number of nitrogens with zero attached hydrogens (tertiary/aromatic N) is 4. The molecule has 0 aliphatic rings. The van der Waals surface area contributed by atoms with Gasteiger partial charge in [0, 0.05) is 29.9 Å². The largest absolute Gasteiger partial charge is 0.422 e. The third kappa shape index (κ3) is 2.76. The summed E-state index contributed by atoms with van der Waals surface area (Å²) in [6, 6.07) is 10.9. The molecule has 0 radical (unpaired) electrons. The van der Waals surface area contributed by atoms with Gasteiger partial charge in [-0.25, -0.2) is 9.97 Å². The fourth-order valence-corrected chi connectivity index (χ4v) is 2.82. The van der Waals surface area contributed by atoms with Crippen LogP contribution >= 0.6 is 11.8 Å². The van der Waals surface area contributed by atoms with Crippen LogP contribution in [0.1, 0.15) is 5.69 Å². The van der Waals surface area contributed by atoms with Crippen LogP contribution in [0.15, 0.2) is 63.2 Å². The molecule has 0 fully saturated rings. The number of rotatable bonds is 4. The van der Waals surface area contributed by atoms with Crippen molar-refractivity contribution in [3.63, 3.8) is 0 Å². The van der Waals surface area contributed by atoms with Crippen molar-refractivity contribution in [2.75, 3.05) is 0 Å². The van der Waals surface area contributed by atoms with Crippen LogP contribution in [0.5, 0.6) is 0 Å². The van der Waals surface area contributed by atoms with Crippen molar-refractivity contribution in [3.05, 3.63) is 64.8 Å². The van der Waals surface area contributed by atoms with E-state index >= 15 is 0 Å². The molecule has 0 saturated carbocycles. The minimum absolute atomic E-state index is 0.221. The lowest BCUT2D eigenvalue weighted by Crippen LogP contribution is -2.13. The van der Waals surface area contributed by atoms with Crippen molar-refractivity contribution in [1.29, 1.82) is 0 Å². The van der Waals surface area contributed by atoms with Gasteiger partial charge in [0.25, 0.3) is 5.56 Å². The van der Waals surface area contributed by atoms with E-state index in [1.54, 1.807) is 18.5 Å². The Balaban J connectivity index is 1.60. The van der Waals surface area contributed by atoms with E-state index in [0.29, 0.717) is 22.0 Å². The van der Waals surface area contributed by atoms with Gasteiger partial charge in [-0.05, 0) is 18.2 Å². The smallest absolute Gasteiger partial charge is 0.325 e. The molecule has 4 aromatic rings. The molecule has 0 unspecified atom stereocenters. The molecule has 0 aliphatic carbocycles. The average molecular weight is 325 g/mol. The molecule has 0 spiro atoms. The number of aromatic nitrogens is 5. The Morgan fingerprint density at radius 2 is 2.00 bits per heavy atom. The Morgan fingerprint density at radius 1 is 1.17 bits per heavy atom. The van der Waals surface area contributed by atoms with Crippen LogP contribution in [0.3, 0.4) is 0 Å². The second-order valence-electron chi connectivity index (χ2n) is 4.74. The van der Waals surface area contributed by atoms with Crippen molar-refractivity contribution in [1.82, 2.24) is 24.7 Å². The molecule has 8 heteroatoms. The van der Waals surface area contributed by atoms with Gasteiger partial charge in [0.1, 0.15) is 5.52 Å². The van der Waals surface area contributed by atoms with Crippen LogP contribution in [-0.2, 0) is 5.75 Å². The SMILES string of the molecule is O=c1cc(CSc2ncccn2)[nH]n1-c1nc2ccccc2o1. The molecular formula is C15H11N5O2S. The van der Waals surface area contributed by atoms with E-state index in [0.717, 1.165) is 5.69 Å². The highest BCUT2D eigenvalue weighted by Gasteiger charge is 2.12. The summed E-state index contributed by atoms with van der Waals surface area (Å²) in [7, 11) is 0. The van der Waals surface area contributed by atoms with Crippen LogP contribution in [0, 0.1) is 0 Å². The predicted molar refractivity (Wildman–Crippen MR) is 85.5 cm³/mol. The number of nitrogens with one attached hydrogen (secondary N) is 1. The van der Waals surface area contributed by atoms with E-state index < -0.39 is 0 Å². The molecule has 7 nitrogen and oxygen atoms in total. The van der Waals surface area contributed by atoms with E-state index in [9.17, 15) is 4.79 Å². The summed E-state index contributed by atoms with van der Waals surface area (Å²) in [6.07, 6.45) is 3.36. The van der Waals surface area contributed by atoms with Gasteiger partial charge >= 0.3 is 6.01 Å². The monoisotopic (exact) mass is 325 g/mol. The molecule has 114 valence electrons. The Kier molecular flexibility index (Phi) is 3.43. The van der Waals surface area contributed by atoms with Crippen molar-refractivity contribution in [3.8, 4) is 6.01 Å². The highest BCUT2D eigenvalue weighted by molar-refractivity contribution is 7.98. The second kappa shape index (κ2) is 5.73. The number of benzene rings is 1. The first-order valence-electron chi connectivity index (χ1n) is 6.86. The highest BCUT2D eigenvalue weighted by Crippen LogP contribution is 2.18. The first kappa shape index (κ1) is 13.8. The van der Waals surface area contributed by atoms with Gasteiger partial charge in [-0.15, -0.1) is 0 Å². The van der Waals surface area contributed by atoms with Gasteiger partial charge in [0.05, 0.1) is 0 Å². The number of para-hydroxylation sites is 2. The Labute approximate surface area is 134 Å². The van der Waals surface area contributed by atoms with E-state index in [-0.39, 0.29) is 11.6 Å². The molecule has 1 N–H and O–H groups in total. The summed E-state index contributed by atoms with van der Waals surface area (Å²) in [5.41, 5.74) is 1.87. The number of aromatic amines is 1. The van der Waals surface area contributed by atoms with Crippen LogP contribution in [-0.4, -0.2) is 24.7 Å². The molecule has 23 heavy (non-hydrogen) atoms. The third-order valence-electron chi connectivity index (χ3n) is 3.15. The molecule has 4 rings (SSSR count). The van der Waals surface area contributed by atoms with Gasteiger partial charge in [0.2, 0.25) is 0 Å². The summed E-state index contributed by atoms with van der Waals surface area (Å²) in [5, 5.41) is 3.66. The Hall–Kier alpha value is -2.87. The maximum atomic E-state index is 12.1. The maximum Gasteiger partial charge on any atom is 0.325 e. The maximum absolute atomic E-state index is 12.1. The van der Waals surface area contributed by atoms with Gasteiger partial charge in [-0.2, -0.15) is 9.67 Å². The molecule has 0 amide bonds. The van der Waals surface area contributed by atoms with E-state index in [2.05, 4.69) is 20.1 Å². The number of hydrogen-bond donors (Lipinski definition) is 1. The number of oxazole rings is 1. The summed E-state index contributed by atoms with van der Waals surface area (Å²) in [6.45, 7) is 0. The van der Waals surface area contributed by atoms with Crippen LogP contribution in [0.2, 0.25) is 0 Å². The van der Waals surface area contributed by atoms with Crippen molar-refractivity contribution in [2.45, 2.75) is 10.9 Å². The predicted octanol–water partition coefficient (Wildman–Crippen LogP) is 2.39. The molecule has 0 saturated heterocycles. The summed E-state index contributed by atoms with van der Waals surface area (Å²) < 4.78 is 6.89. The summed E-state index contributed by atoms with van der Waals surface area (Å²) >= 11 is 1.44. The molecule has 0 aliphatic heterocycles. The zero-order valence-corrected chi connectivity index (χ0v) is 12.7. The molecule has 3 heterocycles. The molecule has 0 bridgehead atoms.